The fraction of sp³-hybridized carbons (Fsp3) is 0.500. The van der Waals surface area contributed by atoms with Gasteiger partial charge in [-0.15, -0.1) is 0 Å². The summed E-state index contributed by atoms with van der Waals surface area (Å²) in [5.74, 6) is -0.772. The van der Waals surface area contributed by atoms with Crippen LogP contribution in [0.15, 0.2) is 28.7 Å². The first-order valence-corrected chi connectivity index (χ1v) is 7.15. The van der Waals surface area contributed by atoms with E-state index in [0.717, 1.165) is 36.7 Å². The highest BCUT2D eigenvalue weighted by Gasteiger charge is 2.25. The summed E-state index contributed by atoms with van der Waals surface area (Å²) >= 11 is 3.53. The molecule has 0 radical (unpaired) electrons. The van der Waals surface area contributed by atoms with Gasteiger partial charge in [0.1, 0.15) is 0 Å². The van der Waals surface area contributed by atoms with Crippen LogP contribution < -0.4 is 5.32 Å². The van der Waals surface area contributed by atoms with Gasteiger partial charge in [0, 0.05) is 17.1 Å². The van der Waals surface area contributed by atoms with Crippen molar-refractivity contribution in [2.45, 2.75) is 38.3 Å². The molecule has 2 rings (SSSR count). The zero-order valence-electron chi connectivity index (χ0n) is 10.2. The summed E-state index contributed by atoms with van der Waals surface area (Å²) in [5, 5.41) is 12.5. The minimum atomic E-state index is -0.640. The van der Waals surface area contributed by atoms with Crippen molar-refractivity contribution < 1.29 is 9.90 Å². The normalized spacial score (nSPS) is 23.8. The second kappa shape index (κ2) is 6.34. The Morgan fingerprint density at radius 3 is 2.56 bits per heavy atom. The van der Waals surface area contributed by atoms with Gasteiger partial charge in [-0.2, -0.15) is 0 Å². The van der Waals surface area contributed by atoms with Gasteiger partial charge < -0.3 is 10.4 Å². The molecular formula is C14H18BrNO2. The molecule has 2 N–H and O–H groups in total. The number of hydrogen-bond donors (Lipinski definition) is 2. The number of carboxylic acids is 1. The van der Waals surface area contributed by atoms with Crippen LogP contribution >= 0.6 is 15.9 Å². The number of nitrogens with one attached hydrogen (secondary N) is 1. The molecule has 98 valence electrons. The molecule has 0 atom stereocenters. The highest BCUT2D eigenvalue weighted by Crippen LogP contribution is 2.25. The molecule has 1 saturated carbocycles. The summed E-state index contributed by atoms with van der Waals surface area (Å²) in [4.78, 5) is 10.9. The maximum atomic E-state index is 10.9. The van der Waals surface area contributed by atoms with Gasteiger partial charge in [-0.3, -0.25) is 4.79 Å². The third-order valence-electron chi connectivity index (χ3n) is 3.62. The van der Waals surface area contributed by atoms with Crippen molar-refractivity contribution in [3.8, 4) is 0 Å². The highest BCUT2D eigenvalue weighted by molar-refractivity contribution is 9.10. The van der Waals surface area contributed by atoms with Gasteiger partial charge in [-0.05, 0) is 37.3 Å². The van der Waals surface area contributed by atoms with Crippen LogP contribution in [0, 0.1) is 5.92 Å². The summed E-state index contributed by atoms with van der Waals surface area (Å²) in [6.07, 6.45) is 3.51. The van der Waals surface area contributed by atoms with Gasteiger partial charge >= 0.3 is 5.97 Å². The van der Waals surface area contributed by atoms with E-state index in [1.54, 1.807) is 0 Å². The van der Waals surface area contributed by atoms with Gasteiger partial charge in [-0.25, -0.2) is 0 Å². The topological polar surface area (TPSA) is 49.3 Å². The average Bonchev–Trinajstić information content (AvgIpc) is 2.38. The fourth-order valence-electron chi connectivity index (χ4n) is 2.44. The Morgan fingerprint density at radius 2 is 1.94 bits per heavy atom. The van der Waals surface area contributed by atoms with E-state index in [1.165, 1.54) is 5.56 Å². The van der Waals surface area contributed by atoms with Crippen molar-refractivity contribution in [1.82, 2.24) is 5.32 Å². The number of carbonyl (C=O) groups is 1. The van der Waals surface area contributed by atoms with Crippen LogP contribution in [0.1, 0.15) is 31.2 Å². The highest BCUT2D eigenvalue weighted by atomic mass is 79.9. The van der Waals surface area contributed by atoms with E-state index in [1.807, 2.05) is 18.2 Å². The van der Waals surface area contributed by atoms with Crippen LogP contribution in [0.25, 0.3) is 0 Å². The molecule has 0 spiro atoms. The molecule has 0 aromatic heterocycles. The minimum absolute atomic E-state index is 0.133. The van der Waals surface area contributed by atoms with Crippen LogP contribution in [0.4, 0.5) is 0 Å². The summed E-state index contributed by atoms with van der Waals surface area (Å²) in [6, 6.07) is 8.63. The van der Waals surface area contributed by atoms with E-state index in [-0.39, 0.29) is 5.92 Å². The third kappa shape index (κ3) is 3.56. The molecule has 4 heteroatoms. The number of halogens is 1. The van der Waals surface area contributed by atoms with Crippen LogP contribution in [-0.2, 0) is 11.3 Å². The molecule has 1 fully saturated rings. The van der Waals surface area contributed by atoms with Gasteiger partial charge in [0.05, 0.1) is 5.92 Å². The van der Waals surface area contributed by atoms with E-state index in [4.69, 9.17) is 5.11 Å². The molecule has 1 aromatic rings. The molecule has 0 aliphatic heterocycles. The molecule has 18 heavy (non-hydrogen) atoms. The monoisotopic (exact) mass is 311 g/mol. The first kappa shape index (κ1) is 13.6. The average molecular weight is 312 g/mol. The summed E-state index contributed by atoms with van der Waals surface area (Å²) in [5.41, 5.74) is 1.25. The zero-order valence-corrected chi connectivity index (χ0v) is 11.8. The van der Waals surface area contributed by atoms with Crippen LogP contribution in [0.5, 0.6) is 0 Å². The predicted molar refractivity (Wildman–Crippen MR) is 74.4 cm³/mol. The van der Waals surface area contributed by atoms with Crippen molar-refractivity contribution in [3.05, 3.63) is 34.3 Å². The number of benzene rings is 1. The lowest BCUT2D eigenvalue weighted by atomic mass is 9.86. The number of rotatable bonds is 4. The third-order valence-corrected chi connectivity index (χ3v) is 4.39. The van der Waals surface area contributed by atoms with Crippen molar-refractivity contribution in [1.29, 1.82) is 0 Å². The van der Waals surface area contributed by atoms with Gasteiger partial charge in [0.25, 0.3) is 0 Å². The molecule has 0 saturated heterocycles. The zero-order chi connectivity index (χ0) is 13.0. The Morgan fingerprint density at radius 1 is 1.28 bits per heavy atom. The first-order valence-electron chi connectivity index (χ1n) is 6.36. The van der Waals surface area contributed by atoms with Crippen LogP contribution in [0.2, 0.25) is 0 Å². The SMILES string of the molecule is O=C(O)C1CCC(NCc2ccccc2Br)CC1. The lowest BCUT2D eigenvalue weighted by Crippen LogP contribution is -2.34. The van der Waals surface area contributed by atoms with Crippen molar-refractivity contribution in [3.63, 3.8) is 0 Å². The summed E-state index contributed by atoms with van der Waals surface area (Å²) in [6.45, 7) is 0.837. The van der Waals surface area contributed by atoms with Crippen LogP contribution in [-0.4, -0.2) is 17.1 Å². The second-order valence-corrected chi connectivity index (χ2v) is 5.71. The van der Waals surface area contributed by atoms with Crippen molar-refractivity contribution in [2.24, 2.45) is 5.92 Å². The summed E-state index contributed by atoms with van der Waals surface area (Å²) in [7, 11) is 0. The van der Waals surface area contributed by atoms with Gasteiger partial charge in [0.15, 0.2) is 0 Å². The Bertz CT molecular complexity index is 414. The molecule has 1 aliphatic rings. The maximum absolute atomic E-state index is 10.9. The van der Waals surface area contributed by atoms with E-state index in [2.05, 4.69) is 27.3 Å². The first-order chi connectivity index (χ1) is 8.66. The Kier molecular flexibility index (Phi) is 4.78. The Labute approximate surface area is 116 Å². The quantitative estimate of drug-likeness (QED) is 0.898. The minimum Gasteiger partial charge on any atom is -0.481 e. The van der Waals surface area contributed by atoms with E-state index in [0.29, 0.717) is 6.04 Å². The van der Waals surface area contributed by atoms with Crippen LogP contribution in [0.3, 0.4) is 0 Å². The largest absolute Gasteiger partial charge is 0.481 e. The van der Waals surface area contributed by atoms with Crippen molar-refractivity contribution >= 4 is 21.9 Å². The molecule has 0 amide bonds. The number of aliphatic carboxylic acids is 1. The lowest BCUT2D eigenvalue weighted by Gasteiger charge is -2.27. The van der Waals surface area contributed by atoms with E-state index < -0.39 is 5.97 Å². The lowest BCUT2D eigenvalue weighted by molar-refractivity contribution is -0.142. The smallest absolute Gasteiger partial charge is 0.306 e. The number of hydrogen-bond acceptors (Lipinski definition) is 2. The molecule has 1 aliphatic carbocycles. The van der Waals surface area contributed by atoms with Crippen molar-refractivity contribution in [2.75, 3.05) is 0 Å². The Hall–Kier alpha value is -0.870. The maximum Gasteiger partial charge on any atom is 0.306 e. The fourth-order valence-corrected chi connectivity index (χ4v) is 2.87. The second-order valence-electron chi connectivity index (χ2n) is 4.86. The molecule has 0 heterocycles. The molecule has 0 unspecified atom stereocenters. The van der Waals surface area contributed by atoms with Gasteiger partial charge in [0.2, 0.25) is 0 Å². The summed E-state index contributed by atoms with van der Waals surface area (Å²) < 4.78 is 1.12. The molecule has 0 bridgehead atoms. The molecule has 3 nitrogen and oxygen atoms in total. The van der Waals surface area contributed by atoms with Gasteiger partial charge in [-0.1, -0.05) is 34.1 Å². The standard InChI is InChI=1S/C14H18BrNO2/c15-13-4-2-1-3-11(13)9-16-12-7-5-10(6-8-12)14(17)18/h1-4,10,12,16H,5-9H2,(H,17,18). The van der Waals surface area contributed by atoms with E-state index >= 15 is 0 Å². The Balaban J connectivity index is 1.79. The predicted octanol–water partition coefficient (Wildman–Crippen LogP) is 3.18. The number of carboxylic acid groups (broad SMARTS) is 1. The molecular weight excluding hydrogens is 294 g/mol. The molecule has 1 aromatic carbocycles. The van der Waals surface area contributed by atoms with E-state index in [9.17, 15) is 4.79 Å².